The number of rotatable bonds is 7. The molecular formula is C20H25N3O2S. The standard InChI is InChI=1S/C20H25N3O2S/c24-19(16-9-5-2-6-10-16)23-18(11-15-7-3-1-4-8-15)20(25)21-12-17-13-26-14-22-17/h1,3-4,7-8,13-14,16,18H,2,5-6,9-12H2,(H,21,25)(H,23,24). The zero-order chi connectivity index (χ0) is 18.2. The van der Waals surface area contributed by atoms with Gasteiger partial charge in [-0.05, 0) is 18.4 Å². The first-order chi connectivity index (χ1) is 12.7. The van der Waals surface area contributed by atoms with E-state index in [2.05, 4.69) is 15.6 Å². The van der Waals surface area contributed by atoms with Gasteiger partial charge in [0.25, 0.3) is 0 Å². The quantitative estimate of drug-likeness (QED) is 0.786. The van der Waals surface area contributed by atoms with Crippen LogP contribution in [0.5, 0.6) is 0 Å². The smallest absolute Gasteiger partial charge is 0.243 e. The maximum absolute atomic E-state index is 12.7. The minimum atomic E-state index is -0.564. The van der Waals surface area contributed by atoms with Crippen molar-refractivity contribution in [2.75, 3.05) is 0 Å². The summed E-state index contributed by atoms with van der Waals surface area (Å²) in [5.41, 5.74) is 3.61. The van der Waals surface area contributed by atoms with E-state index in [1.54, 1.807) is 5.51 Å². The molecule has 1 fully saturated rings. The van der Waals surface area contributed by atoms with Crippen molar-refractivity contribution in [2.24, 2.45) is 5.92 Å². The number of thiazole rings is 1. The minimum Gasteiger partial charge on any atom is -0.349 e. The molecule has 26 heavy (non-hydrogen) atoms. The van der Waals surface area contributed by atoms with Crippen molar-refractivity contribution >= 4 is 23.2 Å². The topological polar surface area (TPSA) is 71.1 Å². The molecule has 1 aliphatic rings. The molecule has 2 aromatic rings. The van der Waals surface area contributed by atoms with Gasteiger partial charge in [0.2, 0.25) is 11.8 Å². The number of aromatic nitrogens is 1. The lowest BCUT2D eigenvalue weighted by Crippen LogP contribution is -2.49. The van der Waals surface area contributed by atoms with Crippen molar-refractivity contribution in [3.8, 4) is 0 Å². The van der Waals surface area contributed by atoms with Crippen LogP contribution < -0.4 is 10.6 Å². The molecule has 1 unspecified atom stereocenters. The van der Waals surface area contributed by atoms with E-state index < -0.39 is 6.04 Å². The second-order valence-electron chi connectivity index (χ2n) is 6.78. The Morgan fingerprint density at radius 2 is 1.92 bits per heavy atom. The molecule has 5 nitrogen and oxygen atoms in total. The molecule has 0 bridgehead atoms. The molecule has 1 heterocycles. The first kappa shape index (κ1) is 18.6. The summed E-state index contributed by atoms with van der Waals surface area (Å²) < 4.78 is 0. The van der Waals surface area contributed by atoms with Gasteiger partial charge in [-0.25, -0.2) is 4.98 Å². The molecule has 0 aliphatic heterocycles. The zero-order valence-electron chi connectivity index (χ0n) is 14.8. The summed E-state index contributed by atoms with van der Waals surface area (Å²) in [7, 11) is 0. The van der Waals surface area contributed by atoms with Gasteiger partial charge in [-0.15, -0.1) is 11.3 Å². The molecule has 1 aliphatic carbocycles. The lowest BCUT2D eigenvalue weighted by Gasteiger charge is -2.24. The highest BCUT2D eigenvalue weighted by atomic mass is 32.1. The lowest BCUT2D eigenvalue weighted by molar-refractivity contribution is -0.131. The fourth-order valence-electron chi connectivity index (χ4n) is 3.34. The van der Waals surface area contributed by atoms with Crippen molar-refractivity contribution in [1.82, 2.24) is 15.6 Å². The van der Waals surface area contributed by atoms with Gasteiger partial charge in [0.15, 0.2) is 0 Å². The molecular weight excluding hydrogens is 346 g/mol. The number of amides is 2. The van der Waals surface area contributed by atoms with Gasteiger partial charge in [0.1, 0.15) is 6.04 Å². The third-order valence-electron chi connectivity index (χ3n) is 4.82. The predicted molar refractivity (Wildman–Crippen MR) is 103 cm³/mol. The van der Waals surface area contributed by atoms with E-state index in [0.29, 0.717) is 13.0 Å². The van der Waals surface area contributed by atoms with E-state index in [0.717, 1.165) is 36.9 Å². The molecule has 3 rings (SSSR count). The third kappa shape index (κ3) is 5.39. The van der Waals surface area contributed by atoms with Crippen LogP contribution in [0, 0.1) is 5.92 Å². The Labute approximate surface area is 158 Å². The molecule has 1 saturated carbocycles. The van der Waals surface area contributed by atoms with E-state index in [4.69, 9.17) is 0 Å². The van der Waals surface area contributed by atoms with Crippen LogP contribution in [0.4, 0.5) is 0 Å². The molecule has 0 radical (unpaired) electrons. The monoisotopic (exact) mass is 371 g/mol. The Hall–Kier alpha value is -2.21. The molecule has 2 amide bonds. The third-order valence-corrected chi connectivity index (χ3v) is 5.45. The lowest BCUT2D eigenvalue weighted by atomic mass is 9.88. The molecule has 1 aromatic carbocycles. The van der Waals surface area contributed by atoms with Crippen LogP contribution in [-0.4, -0.2) is 22.8 Å². The summed E-state index contributed by atoms with van der Waals surface area (Å²) in [6, 6.07) is 9.23. The van der Waals surface area contributed by atoms with Crippen molar-refractivity contribution in [1.29, 1.82) is 0 Å². The average molecular weight is 372 g/mol. The van der Waals surface area contributed by atoms with Gasteiger partial charge in [-0.3, -0.25) is 9.59 Å². The molecule has 0 spiro atoms. The fourth-order valence-corrected chi connectivity index (χ4v) is 3.90. The molecule has 1 aromatic heterocycles. The van der Waals surface area contributed by atoms with Gasteiger partial charge in [0.05, 0.1) is 17.7 Å². The number of carbonyl (C=O) groups excluding carboxylic acids is 2. The minimum absolute atomic E-state index is 0.00874. The molecule has 0 saturated heterocycles. The Bertz CT molecular complexity index is 697. The molecule has 2 N–H and O–H groups in total. The van der Waals surface area contributed by atoms with Gasteiger partial charge in [-0.1, -0.05) is 49.6 Å². The van der Waals surface area contributed by atoms with Crippen LogP contribution in [0.3, 0.4) is 0 Å². The Morgan fingerprint density at radius 1 is 1.15 bits per heavy atom. The SMILES string of the molecule is O=C(NC(Cc1ccccc1)C(=O)NCc1cscn1)C1CCCCC1. The maximum Gasteiger partial charge on any atom is 0.243 e. The van der Waals surface area contributed by atoms with Crippen LogP contribution in [-0.2, 0) is 22.6 Å². The second-order valence-corrected chi connectivity index (χ2v) is 7.50. The van der Waals surface area contributed by atoms with E-state index in [1.165, 1.54) is 17.8 Å². The summed E-state index contributed by atoms with van der Waals surface area (Å²) in [6.07, 6.45) is 5.72. The Morgan fingerprint density at radius 3 is 2.62 bits per heavy atom. The van der Waals surface area contributed by atoms with Gasteiger partial charge in [-0.2, -0.15) is 0 Å². The normalized spacial score (nSPS) is 16.0. The average Bonchev–Trinajstić information content (AvgIpc) is 3.20. The van der Waals surface area contributed by atoms with Crippen LogP contribution in [0.15, 0.2) is 41.2 Å². The number of hydrogen-bond donors (Lipinski definition) is 2. The predicted octanol–water partition coefficient (Wildman–Crippen LogP) is 3.07. The largest absolute Gasteiger partial charge is 0.349 e. The van der Waals surface area contributed by atoms with Crippen molar-refractivity contribution in [3.63, 3.8) is 0 Å². The van der Waals surface area contributed by atoms with Crippen LogP contribution >= 0.6 is 11.3 Å². The van der Waals surface area contributed by atoms with Crippen LogP contribution in [0.2, 0.25) is 0 Å². The van der Waals surface area contributed by atoms with Gasteiger partial charge >= 0.3 is 0 Å². The van der Waals surface area contributed by atoms with Gasteiger partial charge in [0, 0.05) is 17.7 Å². The molecule has 138 valence electrons. The van der Waals surface area contributed by atoms with E-state index >= 15 is 0 Å². The van der Waals surface area contributed by atoms with Gasteiger partial charge < -0.3 is 10.6 Å². The number of nitrogens with one attached hydrogen (secondary N) is 2. The summed E-state index contributed by atoms with van der Waals surface area (Å²) in [6.45, 7) is 0.382. The Balaban J connectivity index is 1.63. The first-order valence-electron chi connectivity index (χ1n) is 9.21. The van der Waals surface area contributed by atoms with Crippen molar-refractivity contribution < 1.29 is 9.59 Å². The summed E-state index contributed by atoms with van der Waals surface area (Å²) >= 11 is 1.50. The van der Waals surface area contributed by atoms with E-state index in [-0.39, 0.29) is 17.7 Å². The number of carbonyl (C=O) groups is 2. The van der Waals surface area contributed by atoms with E-state index in [9.17, 15) is 9.59 Å². The first-order valence-corrected chi connectivity index (χ1v) is 10.2. The number of benzene rings is 1. The molecule has 6 heteroatoms. The van der Waals surface area contributed by atoms with Crippen LogP contribution in [0.1, 0.15) is 43.4 Å². The summed E-state index contributed by atoms with van der Waals surface area (Å²) in [5.74, 6) is -0.117. The summed E-state index contributed by atoms with van der Waals surface area (Å²) in [5, 5.41) is 7.81. The zero-order valence-corrected chi connectivity index (χ0v) is 15.6. The number of hydrogen-bond acceptors (Lipinski definition) is 4. The van der Waals surface area contributed by atoms with Crippen molar-refractivity contribution in [3.05, 3.63) is 52.5 Å². The highest BCUT2D eigenvalue weighted by molar-refractivity contribution is 7.07. The number of nitrogens with zero attached hydrogens (tertiary/aromatic N) is 1. The highest BCUT2D eigenvalue weighted by Gasteiger charge is 2.26. The summed E-state index contributed by atoms with van der Waals surface area (Å²) in [4.78, 5) is 29.5. The Kier molecular flexibility index (Phi) is 6.77. The maximum atomic E-state index is 12.7. The second kappa shape index (κ2) is 9.48. The van der Waals surface area contributed by atoms with E-state index in [1.807, 2.05) is 35.7 Å². The highest BCUT2D eigenvalue weighted by Crippen LogP contribution is 2.23. The molecule has 1 atom stereocenters. The van der Waals surface area contributed by atoms with Crippen molar-refractivity contribution in [2.45, 2.75) is 51.1 Å². The fraction of sp³-hybridized carbons (Fsp3) is 0.450. The van der Waals surface area contributed by atoms with Crippen LogP contribution in [0.25, 0.3) is 0 Å².